The van der Waals surface area contributed by atoms with E-state index in [0.29, 0.717) is 120 Å². The van der Waals surface area contributed by atoms with E-state index >= 15 is 8.78 Å². The molecule has 116 heavy (non-hydrogen) atoms. The lowest BCUT2D eigenvalue weighted by Gasteiger charge is -2.60. The van der Waals surface area contributed by atoms with Crippen LogP contribution >= 0.6 is 0 Å². The maximum Gasteiger partial charge on any atom is 0.519 e. The molecule has 5 saturated carbocycles. The first-order valence-corrected chi connectivity index (χ1v) is 38.8. The van der Waals surface area contributed by atoms with Crippen LogP contribution in [-0.2, 0) is 70.2 Å². The summed E-state index contributed by atoms with van der Waals surface area (Å²) in [6, 6.07) is 1.14. The maximum absolute atomic E-state index is 16.6. The molecule has 8 aliphatic rings. The lowest BCUT2D eigenvalue weighted by atomic mass is 9.45. The van der Waals surface area contributed by atoms with E-state index in [-0.39, 0.29) is 118 Å². The van der Waals surface area contributed by atoms with E-state index in [4.69, 9.17) is 65.0 Å². The van der Waals surface area contributed by atoms with Crippen LogP contribution in [0, 0.1) is 54.1 Å². The minimum atomic E-state index is -1.99. The number of aryl methyl sites for hydroxylation is 2. The van der Waals surface area contributed by atoms with Gasteiger partial charge in [-0.2, -0.15) is 0 Å². The van der Waals surface area contributed by atoms with Crippen LogP contribution in [-0.4, -0.2) is 194 Å². The quantitative estimate of drug-likeness (QED) is 0.0283. The molecule has 4 aromatic heterocycles. The lowest BCUT2D eigenvalue weighted by Crippen LogP contribution is -2.62. The Bertz CT molecular complexity index is 4960. The first kappa shape index (κ1) is 81.8. The van der Waals surface area contributed by atoms with Crippen molar-refractivity contribution >= 4 is 80.9 Å². The number of carbonyl (C=O) groups excluding carboxylic acids is 8. The molecule has 2 saturated heterocycles. The number of hydrogen-bond donors (Lipinski definition) is 2. The number of nitrogens with zero attached hydrogens (tertiary/aromatic N) is 6. The number of anilines is 2. The molecule has 624 valence electrons. The van der Waals surface area contributed by atoms with Crippen molar-refractivity contribution < 1.29 is 122 Å². The van der Waals surface area contributed by atoms with Crippen LogP contribution in [0.1, 0.15) is 167 Å². The Hall–Kier alpha value is -10.7. The van der Waals surface area contributed by atoms with Crippen molar-refractivity contribution in [3.05, 3.63) is 124 Å². The predicted octanol–water partition coefficient (Wildman–Crippen LogP) is 7.69. The average molecular weight is 1620 g/mol. The summed E-state index contributed by atoms with van der Waals surface area (Å²) in [6.45, 7) is 8.26. The Balaban J connectivity index is 0.610. The number of aliphatic hydroxyl groups is 2. The van der Waals surface area contributed by atoms with Crippen LogP contribution in [0.3, 0.4) is 0 Å². The molecule has 14 rings (SSSR count). The SMILES string of the molecule is COc1c(N2CCN(Cc3oc(=O)oc3C)C(C)C2)c(F)cc2c(=O)c(C(=O)OCOC(=O)OCC(COC(=O)OCOC(=O)c3cn(C4CC4)c4c(OC)c(N5CCN(Cc6oc(=O)oc6C)C(C)C5)c(F)cc4c3=O)OC(=O)CCC(=O)OCC(=O)[C@@]3(O)CC[C@H]4[C@@H]5CCC6=CC(=O)CC[C@]6(C)C5[C@@H](O)C[C@@]43C)cn(C3CC3)c12. The van der Waals surface area contributed by atoms with Crippen LogP contribution in [0.15, 0.2) is 73.0 Å². The number of methoxy groups -OCH3 is 2. The Labute approximate surface area is 660 Å². The van der Waals surface area contributed by atoms with Crippen LogP contribution in [0.25, 0.3) is 21.8 Å². The van der Waals surface area contributed by atoms with E-state index in [9.17, 15) is 67.7 Å². The summed E-state index contributed by atoms with van der Waals surface area (Å²) in [5.74, 6) is -7.79. The standard InChI is InChI=1S/C80H92F2N6O28/c1-40-29-85(23-21-83(40)33-58-42(3)112-76(100)115-58)66-55(81)26-50-64(70(66)103-7)87(45-10-11-45)31-52(68(50)94)72(96)108-38-110-74(98)106-35-48(114-62(93)16-15-61(92)105-37-60(91)80(102)20-18-54-49-14-9-44-25-47(89)17-19-78(44,5)63(49)57(90)28-79(54,80)6)36-107-75(99)111-39-109-73(97)53-32-88(46-12-13-46)65-51(69(53)95)27-56(82)67(71(65)104-8)86-24-22-84(41(2)30-86)34-59-43(4)113-77(101)116-59/h25-27,31-32,40-41,45-46,48-49,54,57,63,90,102H,9-24,28-30,33-39H2,1-8H3/t40?,41?,48?,49-,54-,57-,63?,78-,79-,80-/m0/s1. The highest BCUT2D eigenvalue weighted by molar-refractivity contribution is 5.99. The molecule has 0 radical (unpaired) electrons. The summed E-state index contributed by atoms with van der Waals surface area (Å²) in [5, 5.41) is 23.7. The number of aromatic nitrogens is 2. The van der Waals surface area contributed by atoms with Gasteiger partial charge in [0.1, 0.15) is 52.8 Å². The third-order valence-corrected chi connectivity index (χ3v) is 24.9. The molecule has 36 heteroatoms. The molecule has 7 fully saturated rings. The molecular weight excluding hydrogens is 1530 g/mol. The number of ketones is 2. The van der Waals surface area contributed by atoms with Gasteiger partial charge in [0.25, 0.3) is 0 Å². The Morgan fingerprint density at radius 2 is 1.10 bits per heavy atom. The summed E-state index contributed by atoms with van der Waals surface area (Å²) >= 11 is 0. The van der Waals surface area contributed by atoms with E-state index in [1.165, 1.54) is 26.6 Å². The van der Waals surface area contributed by atoms with Gasteiger partial charge in [-0.05, 0) is 133 Å². The zero-order valence-corrected chi connectivity index (χ0v) is 65.4. The number of pyridine rings is 2. The number of halogens is 2. The summed E-state index contributed by atoms with van der Waals surface area (Å²) in [5.41, 5.74) is -4.92. The third-order valence-electron chi connectivity index (χ3n) is 24.9. The van der Waals surface area contributed by atoms with E-state index in [0.717, 1.165) is 17.7 Å². The fraction of sp³-hybridized carbons (Fsp3) is 0.575. The van der Waals surface area contributed by atoms with Crippen molar-refractivity contribution in [1.82, 2.24) is 18.9 Å². The minimum Gasteiger partial charge on any atom is -0.492 e. The van der Waals surface area contributed by atoms with E-state index < -0.39 is 162 Å². The summed E-state index contributed by atoms with van der Waals surface area (Å²) in [7, 11) is 2.66. The number of allylic oxidation sites excluding steroid dienone is 1. The van der Waals surface area contributed by atoms with Crippen molar-refractivity contribution in [2.75, 3.05) is 96.7 Å². The number of esters is 4. The van der Waals surface area contributed by atoms with Gasteiger partial charge in [0.2, 0.25) is 30.2 Å². The molecule has 0 amide bonds. The van der Waals surface area contributed by atoms with Crippen LogP contribution in [0.2, 0.25) is 0 Å². The van der Waals surface area contributed by atoms with Crippen LogP contribution in [0.4, 0.5) is 29.7 Å². The zero-order chi connectivity index (χ0) is 82.7. The average Bonchev–Trinajstić information content (AvgIpc) is 1.44. The van der Waals surface area contributed by atoms with Gasteiger partial charge in [-0.25, -0.2) is 37.5 Å². The fourth-order valence-electron chi connectivity index (χ4n) is 18.6. The molecular formula is C80H92F2N6O28. The zero-order valence-electron chi connectivity index (χ0n) is 65.4. The van der Waals surface area contributed by atoms with Gasteiger partial charge in [0, 0.05) is 87.7 Å². The van der Waals surface area contributed by atoms with Gasteiger partial charge in [0.15, 0.2) is 53.1 Å². The van der Waals surface area contributed by atoms with Crippen molar-refractivity contribution in [3.63, 3.8) is 0 Å². The highest BCUT2D eigenvalue weighted by Gasteiger charge is 2.68. The van der Waals surface area contributed by atoms with E-state index in [1.807, 2.05) is 23.6 Å². The van der Waals surface area contributed by atoms with Crippen molar-refractivity contribution in [2.45, 2.75) is 180 Å². The first-order chi connectivity index (χ1) is 55.3. The number of Topliss-reactive ketones (excluding diaryl/α,β-unsaturated/α-hetero) is 1. The first-order valence-electron chi connectivity index (χ1n) is 38.8. The number of hydrogen-bond acceptors (Lipinski definition) is 32. The Morgan fingerprint density at radius 1 is 0.612 bits per heavy atom. The highest BCUT2D eigenvalue weighted by Crippen LogP contribution is 2.68. The van der Waals surface area contributed by atoms with Gasteiger partial charge < -0.3 is 94.2 Å². The van der Waals surface area contributed by atoms with Gasteiger partial charge in [-0.15, -0.1) is 0 Å². The molecule has 6 aliphatic carbocycles. The molecule has 2 aromatic carbocycles. The van der Waals surface area contributed by atoms with Crippen molar-refractivity contribution in [1.29, 1.82) is 0 Å². The molecule has 34 nitrogen and oxygen atoms in total. The molecule has 0 bridgehead atoms. The van der Waals surface area contributed by atoms with E-state index in [2.05, 4.69) is 6.92 Å². The smallest absolute Gasteiger partial charge is 0.492 e. The van der Waals surface area contributed by atoms with Crippen LogP contribution < -0.4 is 41.8 Å². The second-order valence-electron chi connectivity index (χ2n) is 31.9. The molecule has 2 aliphatic heterocycles. The van der Waals surface area contributed by atoms with Gasteiger partial charge >= 0.3 is 47.8 Å². The van der Waals surface area contributed by atoms with Crippen molar-refractivity contribution in [2.24, 2.45) is 28.6 Å². The third kappa shape index (κ3) is 15.9. The lowest BCUT2D eigenvalue weighted by molar-refractivity contribution is -0.184. The monoisotopic (exact) mass is 1620 g/mol. The van der Waals surface area contributed by atoms with Gasteiger partial charge in [-0.1, -0.05) is 19.4 Å². The highest BCUT2D eigenvalue weighted by atomic mass is 19.1. The number of piperazine rings is 2. The minimum absolute atomic E-state index is 0.0406. The molecule has 2 N–H and O–H groups in total. The second kappa shape index (κ2) is 32.8. The molecule has 0 spiro atoms. The van der Waals surface area contributed by atoms with Crippen molar-refractivity contribution in [3.8, 4) is 11.5 Å². The molecule has 6 heterocycles. The largest absolute Gasteiger partial charge is 0.519 e. The summed E-state index contributed by atoms with van der Waals surface area (Å²) in [6.07, 6.45) is 2.28. The maximum atomic E-state index is 16.6. The summed E-state index contributed by atoms with van der Waals surface area (Å²) in [4.78, 5) is 167. The number of fused-ring (bicyclic) bond motifs is 7. The topological polar surface area (TPSA) is 413 Å². The number of aliphatic hydroxyl groups excluding tert-OH is 1. The number of ether oxygens (including phenoxy) is 10. The van der Waals surface area contributed by atoms with E-state index in [1.54, 1.807) is 45.8 Å². The number of benzene rings is 2. The molecule has 3 unspecified atom stereocenters. The molecule has 9 atom stereocenters. The normalized spacial score (nSPS) is 25.0. The number of carbonyl (C=O) groups is 8. The van der Waals surface area contributed by atoms with Gasteiger partial charge in [-0.3, -0.25) is 38.6 Å². The Kier molecular flexibility index (Phi) is 23.1. The second-order valence-corrected chi connectivity index (χ2v) is 31.9. The fourth-order valence-corrected chi connectivity index (χ4v) is 18.6. The Morgan fingerprint density at radius 3 is 1.56 bits per heavy atom. The number of rotatable bonds is 27. The van der Waals surface area contributed by atoms with Gasteiger partial charge in [0.05, 0.1) is 68.1 Å². The van der Waals surface area contributed by atoms with Crippen LogP contribution in [0.5, 0.6) is 11.5 Å². The summed E-state index contributed by atoms with van der Waals surface area (Å²) < 4.78 is 110. The molecule has 6 aromatic rings. The predicted molar refractivity (Wildman–Crippen MR) is 398 cm³/mol.